The van der Waals surface area contributed by atoms with Gasteiger partial charge in [0.15, 0.2) is 5.82 Å². The van der Waals surface area contributed by atoms with Gasteiger partial charge in [-0.3, -0.25) is 9.80 Å². The third-order valence-corrected chi connectivity index (χ3v) is 5.38. The van der Waals surface area contributed by atoms with Crippen LogP contribution in [0.2, 0.25) is 5.02 Å². The molecule has 1 amide bonds. The van der Waals surface area contributed by atoms with E-state index < -0.39 is 5.91 Å². The first-order valence-corrected chi connectivity index (χ1v) is 9.48. The first-order valence-electron chi connectivity index (χ1n) is 6.72. The van der Waals surface area contributed by atoms with Gasteiger partial charge in [0.05, 0.1) is 22.8 Å². The lowest BCUT2D eigenvalue weighted by atomic mass is 10.1. The van der Waals surface area contributed by atoms with E-state index in [1.807, 2.05) is 22.2 Å². The predicted molar refractivity (Wildman–Crippen MR) is 106 cm³/mol. The van der Waals surface area contributed by atoms with E-state index in [1.165, 1.54) is 0 Å². The molecule has 24 heavy (non-hydrogen) atoms. The summed E-state index contributed by atoms with van der Waals surface area (Å²) >= 11 is 16.7. The van der Waals surface area contributed by atoms with Crippen LogP contribution in [0.3, 0.4) is 0 Å². The summed E-state index contributed by atoms with van der Waals surface area (Å²) in [5.41, 5.74) is 6.54. The monoisotopic (exact) mass is 534 g/mol. The van der Waals surface area contributed by atoms with Gasteiger partial charge < -0.3 is 5.73 Å². The van der Waals surface area contributed by atoms with Gasteiger partial charge in [-0.2, -0.15) is 0 Å². The average molecular weight is 537 g/mol. The number of hydrazine groups is 1. The zero-order valence-corrected chi connectivity index (χ0v) is 17.5. The Kier molecular flexibility index (Phi) is 5.19. The first kappa shape index (κ1) is 17.7. The van der Waals surface area contributed by atoms with Gasteiger partial charge in [-0.05, 0) is 62.2 Å². The Morgan fingerprint density at radius 1 is 1.29 bits per heavy atom. The highest BCUT2D eigenvalue weighted by molar-refractivity contribution is 9.12. The maximum absolute atomic E-state index is 12.0. The minimum atomic E-state index is -0.536. The number of halogens is 4. The van der Waals surface area contributed by atoms with Crippen molar-refractivity contribution in [2.24, 2.45) is 5.73 Å². The highest BCUT2D eigenvalue weighted by Gasteiger charge is 2.31. The lowest BCUT2D eigenvalue weighted by Gasteiger charge is -2.33. The standard InChI is InChI=1S/C15H10Br3ClN4O/c16-8-6-9(14(20)24)13(10(17)7-8)23-12(18)3-5-22(23)15-11(19)2-1-4-21-15/h1-4,6-7H,5H2,(H2,20,24). The smallest absolute Gasteiger partial charge is 0.250 e. The third kappa shape index (κ3) is 3.20. The zero-order valence-electron chi connectivity index (χ0n) is 12.0. The van der Waals surface area contributed by atoms with Crippen LogP contribution in [0.1, 0.15) is 10.4 Å². The minimum Gasteiger partial charge on any atom is -0.366 e. The number of benzene rings is 1. The van der Waals surface area contributed by atoms with E-state index in [4.69, 9.17) is 17.3 Å². The number of nitrogens with two attached hydrogens (primary N) is 1. The summed E-state index contributed by atoms with van der Waals surface area (Å²) in [4.78, 5) is 16.3. The number of anilines is 2. The van der Waals surface area contributed by atoms with E-state index in [-0.39, 0.29) is 0 Å². The number of hydrogen-bond acceptors (Lipinski definition) is 4. The highest BCUT2D eigenvalue weighted by Crippen LogP contribution is 2.41. The number of hydrogen-bond donors (Lipinski definition) is 1. The number of pyridine rings is 1. The summed E-state index contributed by atoms with van der Waals surface area (Å²) in [6.45, 7) is 0.540. The molecule has 124 valence electrons. The number of rotatable bonds is 3. The summed E-state index contributed by atoms with van der Waals surface area (Å²) in [5, 5.41) is 4.17. The fourth-order valence-electron chi connectivity index (χ4n) is 2.39. The van der Waals surface area contributed by atoms with Crippen LogP contribution < -0.4 is 15.8 Å². The normalized spacial score (nSPS) is 14.1. The average Bonchev–Trinajstić information content (AvgIpc) is 2.88. The van der Waals surface area contributed by atoms with E-state index >= 15 is 0 Å². The molecular weight excluding hydrogens is 527 g/mol. The Morgan fingerprint density at radius 3 is 2.71 bits per heavy atom. The molecule has 0 saturated carbocycles. The summed E-state index contributed by atoms with van der Waals surface area (Å²) in [6, 6.07) is 7.05. The fraction of sp³-hybridized carbons (Fsp3) is 0.0667. The highest BCUT2D eigenvalue weighted by atomic mass is 79.9. The van der Waals surface area contributed by atoms with Gasteiger partial charge in [0.25, 0.3) is 5.91 Å². The van der Waals surface area contributed by atoms with Gasteiger partial charge in [0.1, 0.15) is 4.61 Å². The fourth-order valence-corrected chi connectivity index (χ4v) is 4.52. The molecule has 1 aromatic heterocycles. The van der Waals surface area contributed by atoms with Crippen LogP contribution in [0.4, 0.5) is 11.5 Å². The van der Waals surface area contributed by atoms with E-state index in [0.717, 1.165) is 9.08 Å². The Morgan fingerprint density at radius 2 is 2.04 bits per heavy atom. The molecule has 2 N–H and O–H groups in total. The van der Waals surface area contributed by atoms with Gasteiger partial charge in [-0.25, -0.2) is 9.99 Å². The molecule has 2 heterocycles. The molecule has 1 aliphatic rings. The van der Waals surface area contributed by atoms with Crippen LogP contribution in [0.5, 0.6) is 0 Å². The number of nitrogens with zero attached hydrogens (tertiary/aromatic N) is 3. The molecule has 3 rings (SSSR count). The topological polar surface area (TPSA) is 62.5 Å². The number of carbonyl (C=O) groups excluding carboxylic acids is 1. The van der Waals surface area contributed by atoms with Gasteiger partial charge >= 0.3 is 0 Å². The van der Waals surface area contributed by atoms with Crippen LogP contribution in [-0.4, -0.2) is 17.4 Å². The van der Waals surface area contributed by atoms with Gasteiger partial charge in [-0.15, -0.1) is 0 Å². The van der Waals surface area contributed by atoms with Crippen molar-refractivity contribution in [1.82, 2.24) is 4.98 Å². The molecule has 1 aliphatic heterocycles. The molecule has 0 atom stereocenters. The molecule has 0 unspecified atom stereocenters. The molecule has 2 aromatic rings. The number of amides is 1. The number of aromatic nitrogens is 1. The molecule has 0 aliphatic carbocycles. The van der Waals surface area contributed by atoms with E-state index in [0.29, 0.717) is 33.1 Å². The van der Waals surface area contributed by atoms with E-state index in [9.17, 15) is 4.79 Å². The molecule has 1 aromatic carbocycles. The van der Waals surface area contributed by atoms with Crippen molar-refractivity contribution in [2.75, 3.05) is 16.6 Å². The van der Waals surface area contributed by atoms with Gasteiger partial charge in [0.2, 0.25) is 0 Å². The summed E-state index contributed by atoms with van der Waals surface area (Å²) < 4.78 is 2.21. The van der Waals surface area contributed by atoms with E-state index in [2.05, 4.69) is 52.8 Å². The summed E-state index contributed by atoms with van der Waals surface area (Å²) in [7, 11) is 0. The lowest BCUT2D eigenvalue weighted by Crippen LogP contribution is -2.39. The number of primary amides is 1. The van der Waals surface area contributed by atoms with Gasteiger partial charge in [-0.1, -0.05) is 27.5 Å². The summed E-state index contributed by atoms with van der Waals surface area (Å²) in [5.74, 6) is 0.0429. The molecular formula is C15H10Br3ClN4O. The van der Waals surface area contributed by atoms with E-state index in [1.54, 1.807) is 24.4 Å². The largest absolute Gasteiger partial charge is 0.366 e. The first-order chi connectivity index (χ1) is 11.4. The second-order valence-corrected chi connectivity index (χ2v) is 7.87. The van der Waals surface area contributed by atoms with Crippen molar-refractivity contribution in [2.45, 2.75) is 0 Å². The molecule has 0 radical (unpaired) electrons. The molecule has 0 saturated heterocycles. The minimum absolute atomic E-state index is 0.362. The van der Waals surface area contributed by atoms with Crippen molar-refractivity contribution in [3.63, 3.8) is 0 Å². The summed E-state index contributed by atoms with van der Waals surface area (Å²) in [6.07, 6.45) is 3.61. The molecule has 0 bridgehead atoms. The van der Waals surface area contributed by atoms with Crippen molar-refractivity contribution in [3.8, 4) is 0 Å². The van der Waals surface area contributed by atoms with Crippen molar-refractivity contribution in [1.29, 1.82) is 0 Å². The SMILES string of the molecule is NC(=O)c1cc(Br)cc(Br)c1N1C(Br)=CCN1c1ncccc1Cl. The second kappa shape index (κ2) is 7.03. The Hall–Kier alpha value is -1.09. The molecule has 0 fully saturated rings. The Bertz CT molecular complexity index is 859. The molecule has 5 nitrogen and oxygen atoms in total. The van der Waals surface area contributed by atoms with Crippen LogP contribution >= 0.6 is 59.4 Å². The number of carbonyl (C=O) groups is 1. The quantitative estimate of drug-likeness (QED) is 0.570. The Labute approximate surface area is 168 Å². The van der Waals surface area contributed by atoms with Gasteiger partial charge in [0, 0.05) is 15.1 Å². The Balaban J connectivity index is 2.18. The maximum atomic E-state index is 12.0. The van der Waals surface area contributed by atoms with Crippen LogP contribution in [0.25, 0.3) is 0 Å². The van der Waals surface area contributed by atoms with Crippen molar-refractivity contribution >= 4 is 76.8 Å². The third-order valence-electron chi connectivity index (χ3n) is 3.37. The van der Waals surface area contributed by atoms with Crippen LogP contribution in [-0.2, 0) is 0 Å². The molecule has 9 heteroatoms. The second-order valence-electron chi connectivity index (χ2n) is 4.88. The lowest BCUT2D eigenvalue weighted by molar-refractivity contribution is 0.100. The maximum Gasteiger partial charge on any atom is 0.250 e. The van der Waals surface area contributed by atoms with Crippen LogP contribution in [0.15, 0.2) is 50.1 Å². The van der Waals surface area contributed by atoms with Crippen molar-refractivity contribution < 1.29 is 4.79 Å². The molecule has 0 spiro atoms. The zero-order chi connectivity index (χ0) is 17.4. The predicted octanol–water partition coefficient (Wildman–Crippen LogP) is 4.84. The van der Waals surface area contributed by atoms with Crippen molar-refractivity contribution in [3.05, 3.63) is 60.7 Å². The van der Waals surface area contributed by atoms with Crippen LogP contribution in [0, 0.1) is 0 Å².